The lowest BCUT2D eigenvalue weighted by atomic mass is 10.1. The molecule has 0 saturated heterocycles. The van der Waals surface area contributed by atoms with E-state index in [0.717, 1.165) is 10.9 Å². The Morgan fingerprint density at radius 2 is 2.11 bits per heavy atom. The Morgan fingerprint density at radius 1 is 1.32 bits per heavy atom. The lowest BCUT2D eigenvalue weighted by Gasteiger charge is -2.05. The van der Waals surface area contributed by atoms with Crippen molar-refractivity contribution in [3.63, 3.8) is 0 Å². The first-order chi connectivity index (χ1) is 9.16. The highest BCUT2D eigenvalue weighted by Crippen LogP contribution is 2.09. The van der Waals surface area contributed by atoms with Crippen molar-refractivity contribution in [1.29, 1.82) is 0 Å². The van der Waals surface area contributed by atoms with Gasteiger partial charge in [-0.3, -0.25) is 9.59 Å². The standard InChI is InChI=1S/C14H16N2O3/c17-13(18)6-3-7-15-9-11-8-10-4-1-2-5-12(10)16-14(11)19/h1-2,4-5,8,15H,3,6-7,9H2,(H,16,19)(H,17,18). The highest BCUT2D eigenvalue weighted by atomic mass is 16.4. The van der Waals surface area contributed by atoms with Crippen molar-refractivity contribution < 1.29 is 9.90 Å². The molecule has 3 N–H and O–H groups in total. The van der Waals surface area contributed by atoms with E-state index in [1.54, 1.807) is 0 Å². The summed E-state index contributed by atoms with van der Waals surface area (Å²) in [5.74, 6) is -0.801. The number of rotatable bonds is 6. The van der Waals surface area contributed by atoms with Crippen molar-refractivity contribution in [2.75, 3.05) is 6.54 Å². The van der Waals surface area contributed by atoms with Crippen molar-refractivity contribution in [3.05, 3.63) is 46.2 Å². The first-order valence-corrected chi connectivity index (χ1v) is 6.20. The molecule has 100 valence electrons. The summed E-state index contributed by atoms with van der Waals surface area (Å²) in [6, 6.07) is 9.46. The molecule has 0 aliphatic rings. The first kappa shape index (κ1) is 13.3. The predicted octanol–water partition coefficient (Wildman–Crippen LogP) is 1.48. The minimum atomic E-state index is -0.801. The van der Waals surface area contributed by atoms with E-state index in [1.807, 2.05) is 30.3 Å². The third-order valence-corrected chi connectivity index (χ3v) is 2.89. The minimum absolute atomic E-state index is 0.107. The number of nitrogens with one attached hydrogen (secondary N) is 2. The normalized spacial score (nSPS) is 10.7. The molecule has 2 aromatic rings. The zero-order valence-electron chi connectivity index (χ0n) is 10.5. The van der Waals surface area contributed by atoms with Crippen molar-refractivity contribution in [1.82, 2.24) is 10.3 Å². The topological polar surface area (TPSA) is 82.2 Å². The summed E-state index contributed by atoms with van der Waals surface area (Å²) < 4.78 is 0. The molecule has 1 heterocycles. The van der Waals surface area contributed by atoms with Gasteiger partial charge in [0.05, 0.1) is 0 Å². The lowest BCUT2D eigenvalue weighted by Crippen LogP contribution is -2.22. The van der Waals surface area contributed by atoms with Crippen LogP contribution in [0.3, 0.4) is 0 Å². The van der Waals surface area contributed by atoms with Gasteiger partial charge in [-0.1, -0.05) is 18.2 Å². The van der Waals surface area contributed by atoms with Gasteiger partial charge in [-0.15, -0.1) is 0 Å². The Labute approximate surface area is 110 Å². The Balaban J connectivity index is 1.98. The van der Waals surface area contributed by atoms with Crippen LogP contribution in [0, 0.1) is 0 Å². The van der Waals surface area contributed by atoms with Gasteiger partial charge in [0.15, 0.2) is 0 Å². The van der Waals surface area contributed by atoms with Gasteiger partial charge >= 0.3 is 5.97 Å². The Morgan fingerprint density at radius 3 is 2.89 bits per heavy atom. The largest absolute Gasteiger partial charge is 0.481 e. The van der Waals surface area contributed by atoms with Gasteiger partial charge in [-0.2, -0.15) is 0 Å². The van der Waals surface area contributed by atoms with Gasteiger partial charge in [0.2, 0.25) is 0 Å². The first-order valence-electron chi connectivity index (χ1n) is 6.20. The smallest absolute Gasteiger partial charge is 0.303 e. The number of carbonyl (C=O) groups is 1. The van der Waals surface area contributed by atoms with Gasteiger partial charge in [0, 0.05) is 24.0 Å². The number of aromatic nitrogens is 1. The van der Waals surface area contributed by atoms with Gasteiger partial charge in [-0.05, 0) is 30.5 Å². The van der Waals surface area contributed by atoms with Gasteiger partial charge in [0.1, 0.15) is 0 Å². The average molecular weight is 260 g/mol. The molecule has 0 bridgehead atoms. The monoisotopic (exact) mass is 260 g/mol. The highest BCUT2D eigenvalue weighted by molar-refractivity contribution is 5.78. The second-order valence-corrected chi connectivity index (χ2v) is 4.39. The molecule has 0 amide bonds. The fraction of sp³-hybridized carbons (Fsp3) is 0.286. The van der Waals surface area contributed by atoms with E-state index in [1.165, 1.54) is 0 Å². The summed E-state index contributed by atoms with van der Waals surface area (Å²) in [4.78, 5) is 25.0. The number of hydrogen-bond acceptors (Lipinski definition) is 3. The number of aliphatic carboxylic acids is 1. The number of carboxylic acids is 1. The summed E-state index contributed by atoms with van der Waals surface area (Å²) in [6.45, 7) is 1.03. The van der Waals surface area contributed by atoms with Gasteiger partial charge in [-0.25, -0.2) is 0 Å². The van der Waals surface area contributed by atoms with E-state index in [4.69, 9.17) is 5.11 Å². The van der Waals surface area contributed by atoms with Gasteiger partial charge in [0.25, 0.3) is 5.56 Å². The van der Waals surface area contributed by atoms with E-state index < -0.39 is 5.97 Å². The molecule has 0 radical (unpaired) electrons. The van der Waals surface area contributed by atoms with Crippen molar-refractivity contribution in [3.8, 4) is 0 Å². The van der Waals surface area contributed by atoms with Crippen molar-refractivity contribution >= 4 is 16.9 Å². The van der Waals surface area contributed by atoms with Crippen molar-refractivity contribution in [2.45, 2.75) is 19.4 Å². The number of para-hydroxylation sites is 1. The number of hydrogen-bond donors (Lipinski definition) is 3. The third-order valence-electron chi connectivity index (χ3n) is 2.89. The van der Waals surface area contributed by atoms with Crippen LogP contribution in [0.5, 0.6) is 0 Å². The van der Waals surface area contributed by atoms with Crippen molar-refractivity contribution in [2.24, 2.45) is 0 Å². The molecule has 0 spiro atoms. The molecule has 0 atom stereocenters. The molecule has 2 rings (SSSR count). The summed E-state index contributed by atoms with van der Waals surface area (Å²) in [7, 11) is 0. The maximum Gasteiger partial charge on any atom is 0.303 e. The third kappa shape index (κ3) is 3.66. The van der Waals surface area contributed by atoms with Crippen LogP contribution in [-0.2, 0) is 11.3 Å². The zero-order valence-corrected chi connectivity index (χ0v) is 10.5. The number of H-pyrrole nitrogens is 1. The van der Waals surface area contributed by atoms with E-state index in [0.29, 0.717) is 25.1 Å². The predicted molar refractivity (Wildman–Crippen MR) is 73.1 cm³/mol. The summed E-state index contributed by atoms with van der Waals surface area (Å²) in [6.07, 6.45) is 0.696. The molecule has 1 aromatic heterocycles. The summed E-state index contributed by atoms with van der Waals surface area (Å²) in [5, 5.41) is 12.6. The fourth-order valence-corrected chi connectivity index (χ4v) is 1.91. The van der Waals surface area contributed by atoms with Crippen LogP contribution in [0.4, 0.5) is 0 Å². The molecule has 19 heavy (non-hydrogen) atoms. The van der Waals surface area contributed by atoms with Crippen LogP contribution in [0.15, 0.2) is 35.1 Å². The Bertz CT molecular complexity index is 634. The Kier molecular flexibility index (Phi) is 4.30. The minimum Gasteiger partial charge on any atom is -0.481 e. The SMILES string of the molecule is O=C(O)CCCNCc1cc2ccccc2[nH]c1=O. The zero-order chi connectivity index (χ0) is 13.7. The fourth-order valence-electron chi connectivity index (χ4n) is 1.91. The van der Waals surface area contributed by atoms with Crippen LogP contribution in [0.2, 0.25) is 0 Å². The lowest BCUT2D eigenvalue weighted by molar-refractivity contribution is -0.137. The number of aromatic amines is 1. The second-order valence-electron chi connectivity index (χ2n) is 4.39. The number of pyridine rings is 1. The average Bonchev–Trinajstić information content (AvgIpc) is 2.38. The molecular weight excluding hydrogens is 244 g/mol. The van der Waals surface area contributed by atoms with E-state index >= 15 is 0 Å². The van der Waals surface area contributed by atoms with Gasteiger partial charge < -0.3 is 15.4 Å². The highest BCUT2D eigenvalue weighted by Gasteiger charge is 2.02. The summed E-state index contributed by atoms with van der Waals surface area (Å²) in [5.41, 5.74) is 1.38. The molecule has 0 aliphatic carbocycles. The molecule has 0 saturated carbocycles. The maximum absolute atomic E-state index is 11.8. The van der Waals surface area contributed by atoms with Crippen LogP contribution >= 0.6 is 0 Å². The van der Waals surface area contributed by atoms with Crippen LogP contribution in [0.25, 0.3) is 10.9 Å². The second kappa shape index (κ2) is 6.15. The molecule has 0 fully saturated rings. The molecule has 5 nitrogen and oxygen atoms in total. The van der Waals surface area contributed by atoms with E-state index in [9.17, 15) is 9.59 Å². The number of fused-ring (bicyclic) bond motifs is 1. The molecule has 0 aliphatic heterocycles. The molecule has 5 heteroatoms. The molecular formula is C14H16N2O3. The Hall–Kier alpha value is -2.14. The molecule has 1 aromatic carbocycles. The molecule has 0 unspecified atom stereocenters. The van der Waals surface area contributed by atoms with E-state index in [-0.39, 0.29) is 12.0 Å². The van der Waals surface area contributed by atoms with Crippen LogP contribution in [-0.4, -0.2) is 22.6 Å². The van der Waals surface area contributed by atoms with Crippen LogP contribution in [0.1, 0.15) is 18.4 Å². The van der Waals surface area contributed by atoms with E-state index in [2.05, 4.69) is 10.3 Å². The van der Waals surface area contributed by atoms with Crippen LogP contribution < -0.4 is 10.9 Å². The quantitative estimate of drug-likeness (QED) is 0.687. The summed E-state index contributed by atoms with van der Waals surface area (Å²) >= 11 is 0. The number of benzene rings is 1. The number of carboxylic acid groups (broad SMARTS) is 1. The maximum atomic E-state index is 11.8.